The highest BCUT2D eigenvalue weighted by molar-refractivity contribution is 9.10. The molecule has 2 N–H and O–H groups in total. The standard InChI is InChI=1S/C15H15BrFNO/c16-14-9-12(3-6-15(14)17)10-19-13-4-1-11(2-5-13)7-8-18/h1-6,9H,7-8,10,18H2. The summed E-state index contributed by atoms with van der Waals surface area (Å²) in [7, 11) is 0. The van der Waals surface area contributed by atoms with Crippen molar-refractivity contribution in [3.8, 4) is 5.75 Å². The highest BCUT2D eigenvalue weighted by Crippen LogP contribution is 2.19. The molecule has 0 radical (unpaired) electrons. The van der Waals surface area contributed by atoms with Crippen molar-refractivity contribution in [3.05, 3.63) is 63.9 Å². The van der Waals surface area contributed by atoms with Crippen LogP contribution >= 0.6 is 15.9 Å². The number of rotatable bonds is 5. The Kier molecular flexibility index (Phi) is 4.93. The molecule has 0 spiro atoms. The fourth-order valence-electron chi connectivity index (χ4n) is 1.72. The van der Waals surface area contributed by atoms with Gasteiger partial charge < -0.3 is 10.5 Å². The third-order valence-electron chi connectivity index (χ3n) is 2.75. The molecular formula is C15H15BrFNO. The monoisotopic (exact) mass is 323 g/mol. The number of ether oxygens (including phenoxy) is 1. The summed E-state index contributed by atoms with van der Waals surface area (Å²) in [5, 5.41) is 0. The minimum Gasteiger partial charge on any atom is -0.489 e. The predicted molar refractivity (Wildman–Crippen MR) is 77.6 cm³/mol. The second-order valence-corrected chi connectivity index (χ2v) is 5.07. The topological polar surface area (TPSA) is 35.2 Å². The van der Waals surface area contributed by atoms with E-state index in [9.17, 15) is 4.39 Å². The zero-order chi connectivity index (χ0) is 13.7. The van der Waals surface area contributed by atoms with E-state index in [0.717, 1.165) is 17.7 Å². The normalized spacial score (nSPS) is 10.5. The maximum Gasteiger partial charge on any atom is 0.137 e. The summed E-state index contributed by atoms with van der Waals surface area (Å²) < 4.78 is 19.2. The van der Waals surface area contributed by atoms with Crippen LogP contribution in [-0.4, -0.2) is 6.54 Å². The Morgan fingerprint density at radius 1 is 1.05 bits per heavy atom. The second-order valence-electron chi connectivity index (χ2n) is 4.22. The Morgan fingerprint density at radius 3 is 2.37 bits per heavy atom. The van der Waals surface area contributed by atoms with Crippen LogP contribution in [0.25, 0.3) is 0 Å². The molecule has 2 aromatic carbocycles. The van der Waals surface area contributed by atoms with Gasteiger partial charge in [-0.2, -0.15) is 0 Å². The molecule has 0 aromatic heterocycles. The van der Waals surface area contributed by atoms with E-state index < -0.39 is 0 Å². The van der Waals surface area contributed by atoms with Crippen LogP contribution in [0.15, 0.2) is 46.9 Å². The van der Waals surface area contributed by atoms with E-state index in [2.05, 4.69) is 15.9 Å². The van der Waals surface area contributed by atoms with E-state index in [4.69, 9.17) is 10.5 Å². The fourth-order valence-corrected chi connectivity index (χ4v) is 2.14. The molecule has 0 saturated carbocycles. The molecule has 0 aliphatic heterocycles. The zero-order valence-electron chi connectivity index (χ0n) is 10.4. The SMILES string of the molecule is NCCc1ccc(OCc2ccc(F)c(Br)c2)cc1. The molecule has 0 fully saturated rings. The Labute approximate surface area is 120 Å². The van der Waals surface area contributed by atoms with Crippen LogP contribution in [0.4, 0.5) is 4.39 Å². The van der Waals surface area contributed by atoms with Crippen molar-refractivity contribution >= 4 is 15.9 Å². The van der Waals surface area contributed by atoms with Crippen molar-refractivity contribution in [2.45, 2.75) is 13.0 Å². The first-order valence-corrected chi connectivity index (χ1v) is 6.84. The van der Waals surface area contributed by atoms with Crippen molar-refractivity contribution in [1.29, 1.82) is 0 Å². The first-order valence-electron chi connectivity index (χ1n) is 6.05. The molecule has 0 bridgehead atoms. The van der Waals surface area contributed by atoms with E-state index in [1.165, 1.54) is 11.6 Å². The predicted octanol–water partition coefficient (Wildman–Crippen LogP) is 3.67. The number of hydrogen-bond acceptors (Lipinski definition) is 2. The Hall–Kier alpha value is -1.39. The van der Waals surface area contributed by atoms with E-state index in [1.54, 1.807) is 12.1 Å². The molecule has 4 heteroatoms. The molecule has 0 amide bonds. The summed E-state index contributed by atoms with van der Waals surface area (Å²) in [6.45, 7) is 1.05. The average Bonchev–Trinajstić information content (AvgIpc) is 2.42. The van der Waals surface area contributed by atoms with E-state index in [-0.39, 0.29) is 5.82 Å². The summed E-state index contributed by atoms with van der Waals surface area (Å²) in [4.78, 5) is 0. The van der Waals surface area contributed by atoms with Gasteiger partial charge in [-0.3, -0.25) is 0 Å². The zero-order valence-corrected chi connectivity index (χ0v) is 12.0. The van der Waals surface area contributed by atoms with E-state index >= 15 is 0 Å². The molecule has 2 rings (SSSR count). The summed E-state index contributed by atoms with van der Waals surface area (Å²) in [6.07, 6.45) is 0.866. The first-order chi connectivity index (χ1) is 9.19. The van der Waals surface area contributed by atoms with Gasteiger partial charge in [0, 0.05) is 0 Å². The fraction of sp³-hybridized carbons (Fsp3) is 0.200. The van der Waals surface area contributed by atoms with Gasteiger partial charge in [-0.25, -0.2) is 4.39 Å². The van der Waals surface area contributed by atoms with Crippen LogP contribution in [0, 0.1) is 5.82 Å². The molecular weight excluding hydrogens is 309 g/mol. The summed E-state index contributed by atoms with van der Waals surface area (Å²) in [5.41, 5.74) is 7.60. The minimum absolute atomic E-state index is 0.269. The summed E-state index contributed by atoms with van der Waals surface area (Å²) >= 11 is 3.16. The molecule has 0 saturated heterocycles. The molecule has 100 valence electrons. The van der Waals surface area contributed by atoms with E-state index in [0.29, 0.717) is 17.6 Å². The molecule has 0 heterocycles. The maximum absolute atomic E-state index is 13.1. The molecule has 0 aliphatic carbocycles. The van der Waals surface area contributed by atoms with Crippen LogP contribution in [-0.2, 0) is 13.0 Å². The van der Waals surface area contributed by atoms with Crippen molar-refractivity contribution < 1.29 is 9.13 Å². The number of halogens is 2. The van der Waals surface area contributed by atoms with Gasteiger partial charge in [0.15, 0.2) is 0 Å². The molecule has 2 aromatic rings. The van der Waals surface area contributed by atoms with Gasteiger partial charge >= 0.3 is 0 Å². The largest absolute Gasteiger partial charge is 0.489 e. The highest BCUT2D eigenvalue weighted by atomic mass is 79.9. The lowest BCUT2D eigenvalue weighted by molar-refractivity contribution is 0.306. The van der Waals surface area contributed by atoms with Crippen LogP contribution in [0.3, 0.4) is 0 Å². The number of nitrogens with two attached hydrogens (primary N) is 1. The van der Waals surface area contributed by atoms with Crippen molar-refractivity contribution in [2.24, 2.45) is 5.73 Å². The molecule has 2 nitrogen and oxygen atoms in total. The van der Waals surface area contributed by atoms with Crippen molar-refractivity contribution in [3.63, 3.8) is 0 Å². The summed E-state index contributed by atoms with van der Waals surface area (Å²) in [6, 6.07) is 12.7. The molecule has 0 atom stereocenters. The van der Waals surface area contributed by atoms with Gasteiger partial charge in [-0.15, -0.1) is 0 Å². The van der Waals surface area contributed by atoms with Gasteiger partial charge in [-0.1, -0.05) is 18.2 Å². The van der Waals surface area contributed by atoms with Gasteiger partial charge in [0.2, 0.25) is 0 Å². The lowest BCUT2D eigenvalue weighted by Gasteiger charge is -2.08. The van der Waals surface area contributed by atoms with Crippen LogP contribution in [0.1, 0.15) is 11.1 Å². The minimum atomic E-state index is -0.269. The highest BCUT2D eigenvalue weighted by Gasteiger charge is 2.01. The number of benzene rings is 2. The Bertz CT molecular complexity index is 542. The Balaban J connectivity index is 1.96. The summed E-state index contributed by atoms with van der Waals surface area (Å²) in [5.74, 6) is 0.524. The van der Waals surface area contributed by atoms with Crippen molar-refractivity contribution in [1.82, 2.24) is 0 Å². The second kappa shape index (κ2) is 6.68. The average molecular weight is 324 g/mol. The third-order valence-corrected chi connectivity index (χ3v) is 3.35. The van der Waals surface area contributed by atoms with Crippen LogP contribution < -0.4 is 10.5 Å². The Morgan fingerprint density at radius 2 is 1.74 bits per heavy atom. The molecule has 0 unspecified atom stereocenters. The molecule has 0 aliphatic rings. The number of hydrogen-bond donors (Lipinski definition) is 1. The van der Waals surface area contributed by atoms with E-state index in [1.807, 2.05) is 24.3 Å². The van der Waals surface area contributed by atoms with Gasteiger partial charge in [0.25, 0.3) is 0 Å². The van der Waals surface area contributed by atoms with Crippen LogP contribution in [0.2, 0.25) is 0 Å². The first kappa shape index (κ1) is 14.0. The maximum atomic E-state index is 13.1. The third kappa shape index (κ3) is 4.04. The lowest BCUT2D eigenvalue weighted by atomic mass is 10.1. The molecule has 19 heavy (non-hydrogen) atoms. The smallest absolute Gasteiger partial charge is 0.137 e. The van der Waals surface area contributed by atoms with Crippen LogP contribution in [0.5, 0.6) is 5.75 Å². The van der Waals surface area contributed by atoms with Gasteiger partial charge in [-0.05, 0) is 64.3 Å². The van der Waals surface area contributed by atoms with Gasteiger partial charge in [0.1, 0.15) is 18.2 Å². The van der Waals surface area contributed by atoms with Gasteiger partial charge in [0.05, 0.1) is 4.47 Å². The lowest BCUT2D eigenvalue weighted by Crippen LogP contribution is -2.02. The quantitative estimate of drug-likeness (QED) is 0.911. The van der Waals surface area contributed by atoms with Crippen molar-refractivity contribution in [2.75, 3.05) is 6.54 Å².